The number of hydrogen-bond donors (Lipinski definition) is 1. The van der Waals surface area contributed by atoms with Gasteiger partial charge >= 0.3 is 0 Å². The Morgan fingerprint density at radius 2 is 1.89 bits per heavy atom. The normalized spacial score (nSPS) is 28.1. The van der Waals surface area contributed by atoms with Crippen molar-refractivity contribution >= 4 is 11.0 Å². The highest BCUT2D eigenvalue weighted by Crippen LogP contribution is 2.90. The highest BCUT2D eigenvalue weighted by atomic mass is 32.2. The van der Waals surface area contributed by atoms with Crippen LogP contribution < -0.4 is 5.14 Å². The lowest BCUT2D eigenvalue weighted by Crippen LogP contribution is -2.46. The van der Waals surface area contributed by atoms with Crippen molar-refractivity contribution in [3.05, 3.63) is 83.4 Å². The molecule has 35 heavy (non-hydrogen) atoms. The Hall–Kier alpha value is -3.50. The van der Waals surface area contributed by atoms with Gasteiger partial charge in [0.05, 0.1) is 28.1 Å². The van der Waals surface area contributed by atoms with Gasteiger partial charge in [0.2, 0.25) is 0 Å². The van der Waals surface area contributed by atoms with Crippen molar-refractivity contribution in [3.8, 4) is 22.6 Å². The highest BCUT2D eigenvalue weighted by molar-refractivity contribution is 7.82. The van der Waals surface area contributed by atoms with E-state index in [2.05, 4.69) is 27.1 Å². The Balaban J connectivity index is 1.33. The second-order valence-corrected chi connectivity index (χ2v) is 10.6. The van der Waals surface area contributed by atoms with E-state index >= 15 is 0 Å². The van der Waals surface area contributed by atoms with E-state index in [9.17, 15) is 13.0 Å². The smallest absolute Gasteiger partial charge is 0.160 e. The number of nitrogens with two attached hydrogens (primary N) is 1. The lowest BCUT2D eigenvalue weighted by atomic mass is 9.57. The molecule has 5 atom stereocenters. The number of halogens is 2. The summed E-state index contributed by atoms with van der Waals surface area (Å²) in [4.78, 5) is 13.5. The Kier molecular flexibility index (Phi) is 4.05. The molecule has 1 aromatic carbocycles. The Morgan fingerprint density at radius 3 is 2.60 bits per heavy atom. The fraction of sp³-hybridized carbons (Fsp3) is 0.240. The van der Waals surface area contributed by atoms with Gasteiger partial charge in [-0.05, 0) is 65.6 Å². The molecule has 174 valence electrons. The van der Waals surface area contributed by atoms with Gasteiger partial charge in [-0.25, -0.2) is 33.1 Å². The molecule has 2 fully saturated rings. The number of aromatic nitrogens is 5. The molecule has 0 spiro atoms. The molecule has 0 radical (unpaired) electrons. The molecule has 3 unspecified atom stereocenters. The maximum Gasteiger partial charge on any atom is 0.160 e. The van der Waals surface area contributed by atoms with E-state index in [0.717, 1.165) is 23.4 Å². The predicted molar refractivity (Wildman–Crippen MR) is 123 cm³/mol. The first kappa shape index (κ1) is 20.8. The number of rotatable bonds is 4. The molecular formula is C25H18F2N6OS. The van der Waals surface area contributed by atoms with Gasteiger partial charge in [-0.2, -0.15) is 5.10 Å². The highest BCUT2D eigenvalue weighted by Gasteiger charge is 2.87. The third kappa shape index (κ3) is 2.50. The number of fused-ring (bicyclic) bond motifs is 4. The van der Waals surface area contributed by atoms with Crippen LogP contribution in [0, 0.1) is 23.0 Å². The van der Waals surface area contributed by atoms with Crippen molar-refractivity contribution in [2.45, 2.75) is 29.7 Å². The first-order chi connectivity index (χ1) is 16.9. The van der Waals surface area contributed by atoms with Crippen molar-refractivity contribution < 1.29 is 13.0 Å². The first-order valence-corrected chi connectivity index (χ1v) is 12.4. The van der Waals surface area contributed by atoms with E-state index in [1.165, 1.54) is 18.2 Å². The van der Waals surface area contributed by atoms with Crippen LogP contribution in [-0.2, 0) is 16.4 Å². The number of nitrogens with zero attached hydrogens (tertiary/aromatic N) is 5. The van der Waals surface area contributed by atoms with Crippen LogP contribution in [0.1, 0.15) is 36.2 Å². The summed E-state index contributed by atoms with van der Waals surface area (Å²) in [7, 11) is -1.66. The van der Waals surface area contributed by atoms with Crippen LogP contribution in [0.2, 0.25) is 0 Å². The van der Waals surface area contributed by atoms with Crippen LogP contribution in [0.5, 0.6) is 0 Å². The van der Waals surface area contributed by atoms with Crippen LogP contribution in [0.15, 0.2) is 59.9 Å². The number of hydrogen-bond acceptors (Lipinski definition) is 6. The number of benzene rings is 1. The Bertz CT molecular complexity index is 1560. The molecule has 0 amide bonds. The summed E-state index contributed by atoms with van der Waals surface area (Å²) in [5.74, 6) is -0.102. The standard InChI is InChI=1S/C25H18F2N6OS/c1-24-14-10-25(24,18-7-8-29-23(31-18)12-5-6-19(30-11-12)35(28)34)22-13(21(14)24)9-17(32-33-22)20-15(26)3-2-4-16(20)27/h2-9,11,14,21H,10,28H2,1H3/t14?,21-,24?,25+,35?/m1/s1. The third-order valence-corrected chi connectivity index (χ3v) is 8.88. The zero-order chi connectivity index (χ0) is 24.1. The zero-order valence-electron chi connectivity index (χ0n) is 18.4. The maximum absolute atomic E-state index is 14.4. The van der Waals surface area contributed by atoms with Crippen LogP contribution >= 0.6 is 0 Å². The van der Waals surface area contributed by atoms with Crippen LogP contribution in [0.4, 0.5) is 8.78 Å². The molecule has 0 aliphatic heterocycles. The number of pyridine rings is 1. The van der Waals surface area contributed by atoms with Crippen LogP contribution in [0.3, 0.4) is 0 Å². The van der Waals surface area contributed by atoms with Gasteiger partial charge in [0.25, 0.3) is 0 Å². The lowest BCUT2D eigenvalue weighted by Gasteiger charge is -2.46. The van der Waals surface area contributed by atoms with Crippen molar-refractivity contribution in [1.82, 2.24) is 25.1 Å². The second kappa shape index (κ2) is 6.79. The van der Waals surface area contributed by atoms with Crippen LogP contribution in [0.25, 0.3) is 22.6 Å². The molecule has 2 saturated carbocycles. The fourth-order valence-electron chi connectivity index (χ4n) is 6.53. The molecule has 7 nitrogen and oxygen atoms in total. The summed E-state index contributed by atoms with van der Waals surface area (Å²) >= 11 is 0. The molecule has 4 aromatic rings. The molecule has 2 N–H and O–H groups in total. The summed E-state index contributed by atoms with van der Waals surface area (Å²) in [5, 5.41) is 14.5. The molecule has 0 bridgehead atoms. The molecule has 0 saturated heterocycles. The fourth-order valence-corrected chi connectivity index (χ4v) is 6.89. The van der Waals surface area contributed by atoms with Gasteiger partial charge in [0, 0.05) is 18.0 Å². The van der Waals surface area contributed by atoms with Crippen molar-refractivity contribution in [2.75, 3.05) is 0 Å². The molecule has 10 heteroatoms. The topological polar surface area (TPSA) is 108 Å². The Morgan fingerprint density at radius 1 is 1.09 bits per heavy atom. The summed E-state index contributed by atoms with van der Waals surface area (Å²) in [6.45, 7) is 2.23. The van der Waals surface area contributed by atoms with Crippen LogP contribution in [-0.4, -0.2) is 29.4 Å². The largest absolute Gasteiger partial charge is 0.246 e. The molecule has 3 aliphatic carbocycles. The zero-order valence-corrected chi connectivity index (χ0v) is 19.3. The van der Waals surface area contributed by atoms with Gasteiger partial charge in [-0.15, -0.1) is 5.10 Å². The van der Waals surface area contributed by atoms with Crippen molar-refractivity contribution in [1.29, 1.82) is 0 Å². The average Bonchev–Trinajstić information content (AvgIpc) is 3.29. The van der Waals surface area contributed by atoms with E-state index in [1.807, 2.05) is 6.07 Å². The van der Waals surface area contributed by atoms with E-state index < -0.39 is 28.0 Å². The summed E-state index contributed by atoms with van der Waals surface area (Å²) < 4.78 is 40.3. The predicted octanol–water partition coefficient (Wildman–Crippen LogP) is 3.68. The minimum absolute atomic E-state index is 0.0689. The first-order valence-electron chi connectivity index (χ1n) is 11.1. The van der Waals surface area contributed by atoms with E-state index in [0.29, 0.717) is 17.3 Å². The molecule has 3 aromatic heterocycles. The SMILES string of the molecule is CC12C3C[C@]1(c1ccnc(-c4ccc(S(N)=O)nc4)n1)c1nnc(-c4c(F)cccc4F)cc1[C@H]32. The summed E-state index contributed by atoms with van der Waals surface area (Å²) in [5.41, 5.74) is 2.89. The van der Waals surface area contributed by atoms with E-state index in [1.54, 1.807) is 30.6 Å². The van der Waals surface area contributed by atoms with E-state index in [-0.39, 0.29) is 27.6 Å². The Labute approximate surface area is 201 Å². The minimum Gasteiger partial charge on any atom is -0.246 e. The minimum atomic E-state index is -1.66. The van der Waals surface area contributed by atoms with Gasteiger partial charge in [0.15, 0.2) is 5.82 Å². The van der Waals surface area contributed by atoms with Gasteiger partial charge in [-0.3, -0.25) is 0 Å². The molecule has 3 aliphatic rings. The third-order valence-electron chi connectivity index (χ3n) is 8.23. The molecule has 7 rings (SSSR count). The maximum atomic E-state index is 14.4. The van der Waals surface area contributed by atoms with Crippen molar-refractivity contribution in [3.63, 3.8) is 0 Å². The van der Waals surface area contributed by atoms with E-state index in [4.69, 9.17) is 10.1 Å². The second-order valence-electron chi connectivity index (χ2n) is 9.55. The van der Waals surface area contributed by atoms with Crippen molar-refractivity contribution in [2.24, 2.45) is 16.5 Å². The average molecular weight is 489 g/mol. The van der Waals surface area contributed by atoms with Gasteiger partial charge in [0.1, 0.15) is 27.6 Å². The lowest BCUT2D eigenvalue weighted by molar-refractivity contribution is 0.159. The summed E-state index contributed by atoms with van der Waals surface area (Å²) in [6, 6.07) is 10.8. The van der Waals surface area contributed by atoms with Gasteiger partial charge < -0.3 is 0 Å². The molecular weight excluding hydrogens is 470 g/mol. The quantitative estimate of drug-likeness (QED) is 0.470. The monoisotopic (exact) mass is 488 g/mol. The molecule has 3 heterocycles. The van der Waals surface area contributed by atoms with Gasteiger partial charge in [-0.1, -0.05) is 13.0 Å². The summed E-state index contributed by atoms with van der Waals surface area (Å²) in [6.07, 6.45) is 4.16.